The van der Waals surface area contributed by atoms with Crippen LogP contribution in [0.3, 0.4) is 0 Å². The minimum absolute atomic E-state index is 0.0838. The summed E-state index contributed by atoms with van der Waals surface area (Å²) in [4.78, 5) is 29.4. The van der Waals surface area contributed by atoms with E-state index >= 15 is 0 Å². The van der Waals surface area contributed by atoms with Crippen LogP contribution in [0.2, 0.25) is 5.02 Å². The minimum Gasteiger partial charge on any atom is -0.352 e. The zero-order valence-corrected chi connectivity index (χ0v) is 25.9. The van der Waals surface area contributed by atoms with Crippen LogP contribution < -0.4 is 9.62 Å². The lowest BCUT2D eigenvalue weighted by Crippen LogP contribution is -2.52. The first-order valence-electron chi connectivity index (χ1n) is 14.5. The zero-order valence-electron chi connectivity index (χ0n) is 24.3. The number of hydrogen-bond acceptors (Lipinski definition) is 4. The number of nitrogens with zero attached hydrogens (tertiary/aromatic N) is 2. The molecular formula is C33H40ClN3O4S. The number of carbonyl (C=O) groups is 2. The van der Waals surface area contributed by atoms with Crippen LogP contribution in [0.25, 0.3) is 0 Å². The number of halogens is 1. The number of benzene rings is 3. The molecule has 9 heteroatoms. The van der Waals surface area contributed by atoms with E-state index in [9.17, 15) is 18.0 Å². The van der Waals surface area contributed by atoms with Gasteiger partial charge in [0.1, 0.15) is 6.04 Å². The van der Waals surface area contributed by atoms with Crippen LogP contribution in [0.5, 0.6) is 0 Å². The van der Waals surface area contributed by atoms with E-state index in [1.54, 1.807) is 23.1 Å². The molecule has 3 aromatic carbocycles. The van der Waals surface area contributed by atoms with Gasteiger partial charge in [-0.15, -0.1) is 0 Å². The number of anilines is 1. The van der Waals surface area contributed by atoms with Gasteiger partial charge in [0.2, 0.25) is 21.8 Å². The van der Waals surface area contributed by atoms with Crippen molar-refractivity contribution in [2.24, 2.45) is 0 Å². The highest BCUT2D eigenvalue weighted by Crippen LogP contribution is 2.27. The standard InChI is InChI=1S/C33H40ClN3O4S/c1-25-19-20-28(34)23-30(25)37(42(2,40)41)21-11-18-32(38)36(24-27-14-7-4-8-15-27)31(22-26-12-5-3-6-13-26)33(39)35-29-16-9-10-17-29/h3-8,12-15,19-20,23,29,31H,9-11,16-18,21-22,24H2,1-2H3,(H,35,39)/t31-/m1/s1. The quantitative estimate of drug-likeness (QED) is 0.262. The van der Waals surface area contributed by atoms with Gasteiger partial charge in [-0.2, -0.15) is 0 Å². The smallest absolute Gasteiger partial charge is 0.243 e. The van der Waals surface area contributed by atoms with Gasteiger partial charge in [-0.25, -0.2) is 8.42 Å². The van der Waals surface area contributed by atoms with E-state index in [2.05, 4.69) is 5.32 Å². The van der Waals surface area contributed by atoms with Gasteiger partial charge in [-0.3, -0.25) is 13.9 Å². The summed E-state index contributed by atoms with van der Waals surface area (Å²) in [5.74, 6) is -0.347. The van der Waals surface area contributed by atoms with Crippen LogP contribution in [0, 0.1) is 6.92 Å². The molecule has 0 radical (unpaired) electrons. The molecule has 7 nitrogen and oxygen atoms in total. The van der Waals surface area contributed by atoms with Crippen molar-refractivity contribution < 1.29 is 18.0 Å². The van der Waals surface area contributed by atoms with Gasteiger partial charge >= 0.3 is 0 Å². The van der Waals surface area contributed by atoms with Gasteiger partial charge in [0, 0.05) is 37.0 Å². The molecule has 0 heterocycles. The molecule has 42 heavy (non-hydrogen) atoms. The summed E-state index contributed by atoms with van der Waals surface area (Å²) in [6, 6.07) is 23.9. The minimum atomic E-state index is -3.62. The first kappa shape index (κ1) is 31.6. The second-order valence-corrected chi connectivity index (χ2v) is 13.4. The average Bonchev–Trinajstić information content (AvgIpc) is 3.48. The van der Waals surface area contributed by atoms with Crippen LogP contribution >= 0.6 is 11.6 Å². The van der Waals surface area contributed by atoms with E-state index in [4.69, 9.17) is 11.6 Å². The summed E-state index contributed by atoms with van der Waals surface area (Å²) >= 11 is 6.19. The number of rotatable bonds is 13. The van der Waals surface area contributed by atoms with Crippen LogP contribution in [-0.4, -0.2) is 50.0 Å². The van der Waals surface area contributed by atoms with Crippen molar-refractivity contribution in [3.05, 3.63) is 101 Å². The van der Waals surface area contributed by atoms with Crippen molar-refractivity contribution in [3.8, 4) is 0 Å². The van der Waals surface area contributed by atoms with Crippen molar-refractivity contribution in [2.45, 2.75) is 70.5 Å². The molecule has 0 aromatic heterocycles. The molecule has 0 unspecified atom stereocenters. The lowest BCUT2D eigenvalue weighted by Gasteiger charge is -2.33. The third-order valence-corrected chi connectivity index (χ3v) is 9.18. The van der Waals surface area contributed by atoms with Crippen LogP contribution in [-0.2, 0) is 32.6 Å². The molecule has 1 aliphatic rings. The predicted molar refractivity (Wildman–Crippen MR) is 169 cm³/mol. The van der Waals surface area contributed by atoms with Gasteiger partial charge in [-0.05, 0) is 55.0 Å². The highest BCUT2D eigenvalue weighted by molar-refractivity contribution is 7.92. The van der Waals surface area contributed by atoms with Gasteiger partial charge in [0.15, 0.2) is 0 Å². The van der Waals surface area contributed by atoms with E-state index in [-0.39, 0.29) is 43.8 Å². The highest BCUT2D eigenvalue weighted by Gasteiger charge is 2.32. The number of aryl methyl sites for hydroxylation is 1. The molecule has 1 fully saturated rings. The maximum absolute atomic E-state index is 14.0. The second kappa shape index (κ2) is 14.7. The molecule has 0 spiro atoms. The Morgan fingerprint density at radius 1 is 0.952 bits per heavy atom. The SMILES string of the molecule is Cc1ccc(Cl)cc1N(CCCC(=O)N(Cc1ccccc1)[C@H](Cc1ccccc1)C(=O)NC1CCCC1)S(C)(=O)=O. The van der Waals surface area contributed by atoms with Gasteiger partial charge in [0.05, 0.1) is 11.9 Å². The Morgan fingerprint density at radius 3 is 2.19 bits per heavy atom. The lowest BCUT2D eigenvalue weighted by molar-refractivity contribution is -0.141. The van der Waals surface area contributed by atoms with Crippen LogP contribution in [0.15, 0.2) is 78.9 Å². The summed E-state index contributed by atoms with van der Waals surface area (Å²) < 4.78 is 26.8. The van der Waals surface area contributed by atoms with Crippen LogP contribution in [0.4, 0.5) is 5.69 Å². The molecule has 1 N–H and O–H groups in total. The van der Waals surface area contributed by atoms with Crippen molar-refractivity contribution >= 4 is 39.1 Å². The third-order valence-electron chi connectivity index (χ3n) is 7.76. The molecule has 1 atom stereocenters. The predicted octanol–water partition coefficient (Wildman–Crippen LogP) is 5.89. The normalized spacial score (nSPS) is 14.4. The molecule has 0 bridgehead atoms. The second-order valence-electron chi connectivity index (χ2n) is 11.1. The van der Waals surface area contributed by atoms with E-state index < -0.39 is 16.1 Å². The Hall–Kier alpha value is -3.36. The molecule has 4 rings (SSSR count). The fourth-order valence-corrected chi connectivity index (χ4v) is 6.72. The van der Waals surface area contributed by atoms with Crippen molar-refractivity contribution in [2.75, 3.05) is 17.1 Å². The van der Waals surface area contributed by atoms with Crippen molar-refractivity contribution in [1.82, 2.24) is 10.2 Å². The number of nitrogens with one attached hydrogen (secondary N) is 1. The number of carbonyl (C=O) groups excluding carboxylic acids is 2. The molecule has 0 aliphatic heterocycles. The Morgan fingerprint density at radius 2 is 1.57 bits per heavy atom. The molecular weight excluding hydrogens is 570 g/mol. The topological polar surface area (TPSA) is 86.8 Å². The molecule has 3 aromatic rings. The van der Waals surface area contributed by atoms with E-state index in [0.29, 0.717) is 17.1 Å². The average molecular weight is 610 g/mol. The Labute approximate surface area is 254 Å². The zero-order chi connectivity index (χ0) is 30.1. The summed E-state index contributed by atoms with van der Waals surface area (Å²) in [7, 11) is -3.62. The van der Waals surface area contributed by atoms with E-state index in [1.807, 2.05) is 67.6 Å². The number of sulfonamides is 1. The fourth-order valence-electron chi connectivity index (χ4n) is 5.54. The van der Waals surface area contributed by atoms with Crippen molar-refractivity contribution in [3.63, 3.8) is 0 Å². The Kier molecular flexibility index (Phi) is 11.0. The molecule has 2 amide bonds. The lowest BCUT2D eigenvalue weighted by atomic mass is 10.0. The first-order valence-corrected chi connectivity index (χ1v) is 16.8. The maximum Gasteiger partial charge on any atom is 0.243 e. The maximum atomic E-state index is 14.0. The summed E-state index contributed by atoms with van der Waals surface area (Å²) in [5, 5.41) is 3.65. The van der Waals surface area contributed by atoms with Crippen molar-refractivity contribution in [1.29, 1.82) is 0 Å². The molecule has 1 saturated carbocycles. The Balaban J connectivity index is 1.58. The number of amides is 2. The monoisotopic (exact) mass is 609 g/mol. The van der Waals surface area contributed by atoms with E-state index in [1.165, 1.54) is 4.31 Å². The van der Waals surface area contributed by atoms with Gasteiger partial charge in [-0.1, -0.05) is 91.2 Å². The first-order chi connectivity index (χ1) is 20.1. The van der Waals surface area contributed by atoms with Gasteiger partial charge in [0.25, 0.3) is 0 Å². The summed E-state index contributed by atoms with van der Waals surface area (Å²) in [6.45, 7) is 2.22. The summed E-state index contributed by atoms with van der Waals surface area (Å²) in [6.07, 6.45) is 5.97. The van der Waals surface area contributed by atoms with Gasteiger partial charge < -0.3 is 10.2 Å². The Bertz CT molecular complexity index is 1440. The van der Waals surface area contributed by atoms with Crippen LogP contribution in [0.1, 0.15) is 55.2 Å². The largest absolute Gasteiger partial charge is 0.352 e. The third kappa shape index (κ3) is 8.82. The number of hydrogen-bond donors (Lipinski definition) is 1. The fraction of sp³-hybridized carbons (Fsp3) is 0.394. The summed E-state index contributed by atoms with van der Waals surface area (Å²) in [5.41, 5.74) is 3.16. The van der Waals surface area contributed by atoms with E-state index in [0.717, 1.165) is 48.6 Å². The molecule has 1 aliphatic carbocycles. The highest BCUT2D eigenvalue weighted by atomic mass is 35.5. The molecule has 0 saturated heterocycles. The molecule has 224 valence electrons.